The average Bonchev–Trinajstić information content (AvgIpc) is 2.83. The summed E-state index contributed by atoms with van der Waals surface area (Å²) in [4.78, 5) is 0. The van der Waals surface area contributed by atoms with Gasteiger partial charge in [0.15, 0.2) is 0 Å². The highest BCUT2D eigenvalue weighted by molar-refractivity contribution is 5.10. The number of aromatic nitrogens is 2. The summed E-state index contributed by atoms with van der Waals surface area (Å²) in [7, 11) is 1.99. The lowest BCUT2D eigenvalue weighted by Crippen LogP contribution is -2.21. The molecule has 1 atom stereocenters. The molecule has 1 aromatic rings. The van der Waals surface area contributed by atoms with E-state index in [-0.39, 0.29) is 0 Å². The van der Waals surface area contributed by atoms with Gasteiger partial charge in [0.25, 0.3) is 0 Å². The molecule has 0 spiro atoms. The van der Waals surface area contributed by atoms with Gasteiger partial charge in [-0.2, -0.15) is 5.10 Å². The van der Waals surface area contributed by atoms with Crippen molar-refractivity contribution in [3.63, 3.8) is 0 Å². The molecular weight excluding hydrogens is 234 g/mol. The number of aryl methyl sites for hydroxylation is 1. The standard InChI is InChI=1S/C16H31N3/c1-4-6-7-8-9-10-11-16(17-12-5-2)15-13-18-19(3)14-15/h13-14,16-17H,4-12H2,1-3H3. The van der Waals surface area contributed by atoms with Gasteiger partial charge in [0.1, 0.15) is 0 Å². The van der Waals surface area contributed by atoms with E-state index in [0.717, 1.165) is 6.54 Å². The third-order valence-corrected chi connectivity index (χ3v) is 3.61. The van der Waals surface area contributed by atoms with Gasteiger partial charge in [-0.1, -0.05) is 52.4 Å². The molecule has 0 bridgehead atoms. The third kappa shape index (κ3) is 6.76. The Balaban J connectivity index is 2.29. The Labute approximate surface area is 118 Å². The largest absolute Gasteiger partial charge is 0.310 e. The van der Waals surface area contributed by atoms with Crippen molar-refractivity contribution in [3.05, 3.63) is 18.0 Å². The number of rotatable bonds is 11. The van der Waals surface area contributed by atoms with Crippen LogP contribution in [0.5, 0.6) is 0 Å². The molecular formula is C16H31N3. The van der Waals surface area contributed by atoms with Crippen molar-refractivity contribution >= 4 is 0 Å². The molecule has 0 aromatic carbocycles. The zero-order chi connectivity index (χ0) is 13.9. The Kier molecular flexibility index (Phi) is 8.55. The SMILES string of the molecule is CCCCCCCCC(NCCC)c1cnn(C)c1. The summed E-state index contributed by atoms with van der Waals surface area (Å²) in [6, 6.07) is 0.486. The second-order valence-electron chi connectivity index (χ2n) is 5.51. The normalized spacial score (nSPS) is 12.8. The first-order valence-corrected chi connectivity index (χ1v) is 7.99. The minimum atomic E-state index is 0.486. The predicted molar refractivity (Wildman–Crippen MR) is 82.2 cm³/mol. The van der Waals surface area contributed by atoms with E-state index in [1.165, 1.54) is 56.9 Å². The van der Waals surface area contributed by atoms with E-state index in [0.29, 0.717) is 6.04 Å². The fraction of sp³-hybridized carbons (Fsp3) is 0.812. The second kappa shape index (κ2) is 10.0. The molecule has 3 heteroatoms. The summed E-state index contributed by atoms with van der Waals surface area (Å²) in [5.41, 5.74) is 1.34. The third-order valence-electron chi connectivity index (χ3n) is 3.61. The fourth-order valence-corrected chi connectivity index (χ4v) is 2.45. The van der Waals surface area contributed by atoms with Crippen molar-refractivity contribution in [3.8, 4) is 0 Å². The number of hydrogen-bond acceptors (Lipinski definition) is 2. The molecule has 110 valence electrons. The van der Waals surface area contributed by atoms with Crippen molar-refractivity contribution in [1.82, 2.24) is 15.1 Å². The molecule has 0 radical (unpaired) electrons. The van der Waals surface area contributed by atoms with Crippen molar-refractivity contribution in [1.29, 1.82) is 0 Å². The van der Waals surface area contributed by atoms with Crippen LogP contribution < -0.4 is 5.32 Å². The highest BCUT2D eigenvalue weighted by Crippen LogP contribution is 2.20. The highest BCUT2D eigenvalue weighted by Gasteiger charge is 2.11. The number of hydrogen-bond donors (Lipinski definition) is 1. The fourth-order valence-electron chi connectivity index (χ4n) is 2.45. The first-order chi connectivity index (χ1) is 9.27. The van der Waals surface area contributed by atoms with Crippen LogP contribution >= 0.6 is 0 Å². The zero-order valence-corrected chi connectivity index (χ0v) is 13.0. The van der Waals surface area contributed by atoms with Crippen LogP contribution in [0, 0.1) is 0 Å². The molecule has 0 saturated heterocycles. The van der Waals surface area contributed by atoms with Crippen LogP contribution in [0.4, 0.5) is 0 Å². The van der Waals surface area contributed by atoms with Gasteiger partial charge in [0, 0.05) is 24.8 Å². The van der Waals surface area contributed by atoms with Crippen LogP contribution in [-0.4, -0.2) is 16.3 Å². The summed E-state index contributed by atoms with van der Waals surface area (Å²) < 4.78 is 1.90. The lowest BCUT2D eigenvalue weighted by Gasteiger charge is -2.17. The highest BCUT2D eigenvalue weighted by atomic mass is 15.2. The van der Waals surface area contributed by atoms with Crippen LogP contribution in [0.25, 0.3) is 0 Å². The average molecular weight is 265 g/mol. The molecule has 19 heavy (non-hydrogen) atoms. The van der Waals surface area contributed by atoms with Crippen molar-refractivity contribution in [2.75, 3.05) is 6.54 Å². The lowest BCUT2D eigenvalue weighted by molar-refractivity contribution is 0.466. The number of nitrogens with one attached hydrogen (secondary N) is 1. The Bertz CT molecular complexity index is 320. The van der Waals surface area contributed by atoms with Crippen molar-refractivity contribution in [2.45, 2.75) is 71.3 Å². The van der Waals surface area contributed by atoms with Crippen LogP contribution in [0.3, 0.4) is 0 Å². The Morgan fingerprint density at radius 1 is 1.11 bits per heavy atom. The van der Waals surface area contributed by atoms with Gasteiger partial charge in [-0.25, -0.2) is 0 Å². The van der Waals surface area contributed by atoms with Gasteiger partial charge in [-0.3, -0.25) is 4.68 Å². The predicted octanol–water partition coefficient (Wildman–Crippen LogP) is 4.21. The summed E-state index contributed by atoms with van der Waals surface area (Å²) in [6.07, 6.45) is 14.8. The summed E-state index contributed by atoms with van der Waals surface area (Å²) in [5.74, 6) is 0. The van der Waals surface area contributed by atoms with Gasteiger partial charge in [-0.05, 0) is 19.4 Å². The summed E-state index contributed by atoms with van der Waals surface area (Å²) in [6.45, 7) is 5.58. The number of unbranched alkanes of at least 4 members (excludes halogenated alkanes) is 5. The second-order valence-corrected chi connectivity index (χ2v) is 5.51. The van der Waals surface area contributed by atoms with Crippen LogP contribution in [0.2, 0.25) is 0 Å². The Morgan fingerprint density at radius 2 is 1.84 bits per heavy atom. The van der Waals surface area contributed by atoms with Crippen molar-refractivity contribution in [2.24, 2.45) is 7.05 Å². The van der Waals surface area contributed by atoms with E-state index in [1.807, 2.05) is 17.9 Å². The monoisotopic (exact) mass is 265 g/mol. The van der Waals surface area contributed by atoms with Gasteiger partial charge >= 0.3 is 0 Å². The van der Waals surface area contributed by atoms with E-state index in [9.17, 15) is 0 Å². The van der Waals surface area contributed by atoms with E-state index < -0.39 is 0 Å². The lowest BCUT2D eigenvalue weighted by atomic mass is 10.0. The van der Waals surface area contributed by atoms with E-state index in [1.54, 1.807) is 0 Å². The quantitative estimate of drug-likeness (QED) is 0.607. The van der Waals surface area contributed by atoms with Gasteiger partial charge in [-0.15, -0.1) is 0 Å². The summed E-state index contributed by atoms with van der Waals surface area (Å²) >= 11 is 0. The molecule has 1 aromatic heterocycles. The minimum Gasteiger partial charge on any atom is -0.310 e. The maximum Gasteiger partial charge on any atom is 0.0537 e. The van der Waals surface area contributed by atoms with Crippen LogP contribution in [0.15, 0.2) is 12.4 Å². The molecule has 1 unspecified atom stereocenters. The maximum absolute atomic E-state index is 4.29. The smallest absolute Gasteiger partial charge is 0.0537 e. The van der Waals surface area contributed by atoms with Crippen LogP contribution in [-0.2, 0) is 7.05 Å². The van der Waals surface area contributed by atoms with Gasteiger partial charge in [0.05, 0.1) is 6.20 Å². The molecule has 0 fully saturated rings. The van der Waals surface area contributed by atoms with Crippen molar-refractivity contribution < 1.29 is 0 Å². The van der Waals surface area contributed by atoms with Gasteiger partial charge in [0.2, 0.25) is 0 Å². The molecule has 1 rings (SSSR count). The molecule has 1 N–H and O–H groups in total. The Hall–Kier alpha value is -0.830. The molecule has 1 heterocycles. The Morgan fingerprint density at radius 3 is 2.47 bits per heavy atom. The molecule has 0 aliphatic carbocycles. The maximum atomic E-state index is 4.29. The minimum absolute atomic E-state index is 0.486. The van der Waals surface area contributed by atoms with E-state index >= 15 is 0 Å². The molecule has 0 amide bonds. The van der Waals surface area contributed by atoms with E-state index in [2.05, 4.69) is 30.5 Å². The topological polar surface area (TPSA) is 29.9 Å². The number of nitrogens with zero attached hydrogens (tertiary/aromatic N) is 2. The first kappa shape index (κ1) is 16.2. The zero-order valence-electron chi connectivity index (χ0n) is 13.0. The first-order valence-electron chi connectivity index (χ1n) is 7.99. The molecule has 0 saturated carbocycles. The van der Waals surface area contributed by atoms with Gasteiger partial charge < -0.3 is 5.32 Å². The molecule has 0 aliphatic rings. The molecule has 3 nitrogen and oxygen atoms in total. The molecule has 0 aliphatic heterocycles. The van der Waals surface area contributed by atoms with E-state index in [4.69, 9.17) is 0 Å². The van der Waals surface area contributed by atoms with Crippen LogP contribution in [0.1, 0.15) is 76.8 Å². The summed E-state index contributed by atoms with van der Waals surface area (Å²) in [5, 5.41) is 7.94.